The van der Waals surface area contributed by atoms with Crippen LogP contribution in [0.2, 0.25) is 5.02 Å². The van der Waals surface area contributed by atoms with E-state index in [2.05, 4.69) is 20.7 Å². The summed E-state index contributed by atoms with van der Waals surface area (Å²) in [5, 5.41) is 10.1. The summed E-state index contributed by atoms with van der Waals surface area (Å²) in [5.74, 6) is 0.289. The topological polar surface area (TPSA) is 71.8 Å². The fraction of sp³-hybridized carbons (Fsp3) is 0.250. The number of anilines is 2. The fourth-order valence-corrected chi connectivity index (χ4v) is 1.85. The van der Waals surface area contributed by atoms with E-state index in [4.69, 9.17) is 11.6 Å². The molecule has 0 atom stereocenters. The molecule has 100 valence electrons. The third-order valence-corrected chi connectivity index (χ3v) is 2.92. The molecule has 0 aliphatic carbocycles. The second-order valence-corrected chi connectivity index (χ2v) is 4.46. The molecule has 19 heavy (non-hydrogen) atoms. The highest BCUT2D eigenvalue weighted by Gasteiger charge is 2.14. The lowest BCUT2D eigenvalue weighted by atomic mass is 10.2. The summed E-state index contributed by atoms with van der Waals surface area (Å²) in [6.07, 6.45) is 3.18. The van der Waals surface area contributed by atoms with Crippen molar-refractivity contribution in [3.05, 3.63) is 34.7 Å². The van der Waals surface area contributed by atoms with Gasteiger partial charge in [0.05, 0.1) is 22.0 Å². The van der Waals surface area contributed by atoms with Crippen molar-refractivity contribution in [2.24, 2.45) is 7.05 Å². The normalized spacial score (nSPS) is 10.3. The molecule has 0 bridgehead atoms. The number of hydrogen-bond donors (Lipinski definition) is 2. The molecule has 6 nitrogen and oxygen atoms in total. The number of halogens is 1. The largest absolute Gasteiger partial charge is 0.373 e. The van der Waals surface area contributed by atoms with Crippen LogP contribution in [0.5, 0.6) is 0 Å². The predicted molar refractivity (Wildman–Crippen MR) is 74.7 cm³/mol. The average Bonchev–Trinajstić information content (AvgIpc) is 2.68. The van der Waals surface area contributed by atoms with Crippen molar-refractivity contribution in [1.82, 2.24) is 14.8 Å². The first-order valence-corrected chi connectivity index (χ1v) is 6.04. The van der Waals surface area contributed by atoms with Crippen LogP contribution >= 0.6 is 11.6 Å². The van der Waals surface area contributed by atoms with Crippen molar-refractivity contribution >= 4 is 29.0 Å². The van der Waals surface area contributed by atoms with Gasteiger partial charge in [0.1, 0.15) is 5.82 Å². The first-order chi connectivity index (χ1) is 9.01. The molecule has 0 radical (unpaired) electrons. The van der Waals surface area contributed by atoms with Crippen LogP contribution in [0.1, 0.15) is 16.1 Å². The molecule has 7 heteroatoms. The molecule has 0 saturated carbocycles. The number of carbonyl (C=O) groups excluding carboxylic acids is 1. The Morgan fingerprint density at radius 1 is 1.47 bits per heavy atom. The summed E-state index contributed by atoms with van der Waals surface area (Å²) >= 11 is 5.99. The van der Waals surface area contributed by atoms with Crippen LogP contribution in [-0.4, -0.2) is 27.7 Å². The van der Waals surface area contributed by atoms with Crippen LogP contribution in [-0.2, 0) is 7.05 Å². The third-order valence-electron chi connectivity index (χ3n) is 2.62. The summed E-state index contributed by atoms with van der Waals surface area (Å²) in [6.45, 7) is 1.82. The van der Waals surface area contributed by atoms with Crippen LogP contribution in [0.15, 0.2) is 18.5 Å². The highest BCUT2D eigenvalue weighted by atomic mass is 35.5. The number of nitrogens with one attached hydrogen (secondary N) is 2. The van der Waals surface area contributed by atoms with E-state index in [1.54, 1.807) is 31.0 Å². The summed E-state index contributed by atoms with van der Waals surface area (Å²) in [4.78, 5) is 16.2. The molecule has 2 heterocycles. The van der Waals surface area contributed by atoms with E-state index in [9.17, 15) is 4.79 Å². The number of pyridine rings is 1. The minimum atomic E-state index is -0.292. The molecule has 0 aliphatic rings. The molecular formula is C12H14ClN5O. The smallest absolute Gasteiger partial charge is 0.257 e. The first-order valence-electron chi connectivity index (χ1n) is 5.66. The van der Waals surface area contributed by atoms with E-state index < -0.39 is 0 Å². The second kappa shape index (κ2) is 5.27. The lowest BCUT2D eigenvalue weighted by molar-refractivity contribution is 0.102. The Kier molecular flexibility index (Phi) is 3.71. The number of aromatic nitrogens is 3. The number of aryl methyl sites for hydroxylation is 2. The maximum atomic E-state index is 12.2. The van der Waals surface area contributed by atoms with Crippen molar-refractivity contribution in [2.45, 2.75) is 6.92 Å². The summed E-state index contributed by atoms with van der Waals surface area (Å²) in [5.41, 5.74) is 1.77. The quantitative estimate of drug-likeness (QED) is 0.902. The number of carbonyl (C=O) groups is 1. The zero-order valence-electron chi connectivity index (χ0n) is 10.9. The van der Waals surface area contributed by atoms with E-state index in [1.807, 2.05) is 6.92 Å². The van der Waals surface area contributed by atoms with E-state index in [0.717, 1.165) is 5.69 Å². The zero-order valence-corrected chi connectivity index (χ0v) is 11.6. The van der Waals surface area contributed by atoms with Gasteiger partial charge >= 0.3 is 0 Å². The molecule has 2 aromatic rings. The number of rotatable bonds is 3. The zero-order chi connectivity index (χ0) is 14.0. The Morgan fingerprint density at radius 3 is 2.79 bits per heavy atom. The number of nitrogens with zero attached hydrogens (tertiary/aromatic N) is 3. The van der Waals surface area contributed by atoms with Gasteiger partial charge in [-0.15, -0.1) is 0 Å². The van der Waals surface area contributed by atoms with E-state index in [1.165, 1.54) is 6.20 Å². The standard InChI is InChI=1S/C12H14ClN5O/c1-7-10(6-18(3)17-7)16-12(19)8-4-11(14-2)15-5-9(8)13/h4-6H,1-3H3,(H,14,15)(H,16,19). The molecule has 2 N–H and O–H groups in total. The fourth-order valence-electron chi connectivity index (χ4n) is 1.66. The predicted octanol–water partition coefficient (Wildman–Crippen LogP) is 2.07. The molecule has 0 spiro atoms. The monoisotopic (exact) mass is 279 g/mol. The number of hydrogen-bond acceptors (Lipinski definition) is 4. The van der Waals surface area contributed by atoms with Gasteiger partial charge < -0.3 is 10.6 Å². The molecule has 0 saturated heterocycles. The van der Waals surface area contributed by atoms with Gasteiger partial charge in [0, 0.05) is 26.5 Å². The maximum absolute atomic E-state index is 12.2. The van der Waals surface area contributed by atoms with Gasteiger partial charge in [-0.3, -0.25) is 9.48 Å². The summed E-state index contributed by atoms with van der Waals surface area (Å²) in [7, 11) is 3.52. The van der Waals surface area contributed by atoms with Gasteiger partial charge in [0.25, 0.3) is 5.91 Å². The Labute approximate surface area is 115 Å². The second-order valence-electron chi connectivity index (χ2n) is 4.06. The Balaban J connectivity index is 2.27. The lowest BCUT2D eigenvalue weighted by Crippen LogP contribution is -2.13. The third kappa shape index (κ3) is 2.85. The van der Waals surface area contributed by atoms with Gasteiger partial charge in [-0.25, -0.2) is 4.98 Å². The van der Waals surface area contributed by atoms with Gasteiger partial charge in [0.15, 0.2) is 0 Å². The van der Waals surface area contributed by atoms with Gasteiger partial charge in [-0.1, -0.05) is 11.6 Å². The highest BCUT2D eigenvalue weighted by Crippen LogP contribution is 2.20. The molecule has 0 fully saturated rings. The van der Waals surface area contributed by atoms with E-state index >= 15 is 0 Å². The number of amides is 1. The van der Waals surface area contributed by atoms with Crippen molar-refractivity contribution in [3.63, 3.8) is 0 Å². The minimum absolute atomic E-state index is 0.292. The van der Waals surface area contributed by atoms with E-state index in [0.29, 0.717) is 22.1 Å². The first kappa shape index (κ1) is 13.4. The molecule has 2 aromatic heterocycles. The molecule has 2 rings (SSSR count). The summed E-state index contributed by atoms with van der Waals surface area (Å²) < 4.78 is 1.64. The Morgan fingerprint density at radius 2 is 2.21 bits per heavy atom. The van der Waals surface area contributed by atoms with E-state index in [-0.39, 0.29) is 5.91 Å². The van der Waals surface area contributed by atoms with Crippen molar-refractivity contribution in [2.75, 3.05) is 17.7 Å². The van der Waals surface area contributed by atoms with Crippen LogP contribution in [0.25, 0.3) is 0 Å². The molecule has 1 amide bonds. The highest BCUT2D eigenvalue weighted by molar-refractivity contribution is 6.34. The molecule has 0 aromatic carbocycles. The van der Waals surface area contributed by atoms with Crippen molar-refractivity contribution in [1.29, 1.82) is 0 Å². The van der Waals surface area contributed by atoms with Crippen LogP contribution < -0.4 is 10.6 Å². The van der Waals surface area contributed by atoms with Crippen LogP contribution in [0.4, 0.5) is 11.5 Å². The Hall–Kier alpha value is -2.08. The van der Waals surface area contributed by atoms with Crippen LogP contribution in [0.3, 0.4) is 0 Å². The lowest BCUT2D eigenvalue weighted by Gasteiger charge is -2.07. The van der Waals surface area contributed by atoms with Crippen LogP contribution in [0, 0.1) is 6.92 Å². The van der Waals surface area contributed by atoms with Crippen molar-refractivity contribution < 1.29 is 4.79 Å². The molecule has 0 aliphatic heterocycles. The van der Waals surface area contributed by atoms with Gasteiger partial charge in [-0.2, -0.15) is 5.10 Å². The van der Waals surface area contributed by atoms with Crippen molar-refractivity contribution in [3.8, 4) is 0 Å². The SMILES string of the molecule is CNc1cc(C(=O)Nc2cn(C)nc2C)c(Cl)cn1. The minimum Gasteiger partial charge on any atom is -0.373 e. The molecule has 0 unspecified atom stereocenters. The maximum Gasteiger partial charge on any atom is 0.257 e. The van der Waals surface area contributed by atoms with Gasteiger partial charge in [-0.05, 0) is 13.0 Å². The molecular weight excluding hydrogens is 266 g/mol. The van der Waals surface area contributed by atoms with Gasteiger partial charge in [0.2, 0.25) is 0 Å². The Bertz CT molecular complexity index is 623. The average molecular weight is 280 g/mol. The summed E-state index contributed by atoms with van der Waals surface area (Å²) in [6, 6.07) is 1.60.